The lowest BCUT2D eigenvalue weighted by atomic mass is 10.2. The van der Waals surface area contributed by atoms with Crippen LogP contribution in [0.2, 0.25) is 0 Å². The fraction of sp³-hybridized carbons (Fsp3) is 0.269. The monoisotopic (exact) mass is 449 g/mol. The number of hydrogen-bond acceptors (Lipinski definition) is 5. The highest BCUT2D eigenvalue weighted by molar-refractivity contribution is 5.79. The van der Waals surface area contributed by atoms with E-state index in [1.165, 1.54) is 0 Å². The minimum atomic E-state index is 0.544. The molecule has 0 radical (unpaired) electrons. The number of rotatable bonds is 10. The summed E-state index contributed by atoms with van der Waals surface area (Å²) >= 11 is 0. The number of ether oxygens (including phenoxy) is 4. The highest BCUT2D eigenvalue weighted by atomic mass is 16.5. The molecule has 3 aromatic carbocycles. The summed E-state index contributed by atoms with van der Waals surface area (Å²) < 4.78 is 22.1. The lowest BCUT2D eigenvalue weighted by Crippen LogP contribution is -2.36. The predicted molar refractivity (Wildman–Crippen MR) is 130 cm³/mol. The van der Waals surface area contributed by atoms with Crippen LogP contribution in [0.1, 0.15) is 16.7 Å². The molecular weight excluding hydrogens is 418 g/mol. The smallest absolute Gasteiger partial charge is 0.203 e. The molecule has 0 unspecified atom stereocenters. The van der Waals surface area contributed by atoms with E-state index in [0.717, 1.165) is 22.4 Å². The molecule has 0 bridgehead atoms. The van der Waals surface area contributed by atoms with Crippen LogP contribution in [-0.2, 0) is 19.7 Å². The van der Waals surface area contributed by atoms with Crippen molar-refractivity contribution < 1.29 is 18.9 Å². The van der Waals surface area contributed by atoms with Crippen molar-refractivity contribution in [1.29, 1.82) is 0 Å². The van der Waals surface area contributed by atoms with Gasteiger partial charge in [0.05, 0.1) is 21.3 Å². The molecule has 7 nitrogen and oxygen atoms in total. The third-order valence-electron chi connectivity index (χ3n) is 5.04. The van der Waals surface area contributed by atoms with Gasteiger partial charge in [0.25, 0.3) is 0 Å². The van der Waals surface area contributed by atoms with E-state index in [1.54, 1.807) is 28.4 Å². The Morgan fingerprint density at radius 1 is 0.727 bits per heavy atom. The van der Waals surface area contributed by atoms with Crippen molar-refractivity contribution in [2.24, 2.45) is 4.99 Å². The topological polar surface area (TPSA) is 73.3 Å². The van der Waals surface area contributed by atoms with Gasteiger partial charge in [-0.2, -0.15) is 0 Å². The summed E-state index contributed by atoms with van der Waals surface area (Å²) in [6.07, 6.45) is 0. The largest absolute Gasteiger partial charge is 0.493 e. The zero-order valence-corrected chi connectivity index (χ0v) is 19.6. The minimum Gasteiger partial charge on any atom is -0.493 e. The maximum absolute atomic E-state index is 5.85. The SMILES string of the molecule is CN=C(NCc1ccc(OCc2ccccc2)cc1)NCc1cc(OC)c(OC)c(OC)c1. The second kappa shape index (κ2) is 12.2. The molecule has 0 aliphatic rings. The highest BCUT2D eigenvalue weighted by Gasteiger charge is 2.13. The van der Waals surface area contributed by atoms with Crippen molar-refractivity contribution in [2.75, 3.05) is 28.4 Å². The van der Waals surface area contributed by atoms with Crippen LogP contribution in [0.3, 0.4) is 0 Å². The van der Waals surface area contributed by atoms with Crippen molar-refractivity contribution in [3.8, 4) is 23.0 Å². The maximum Gasteiger partial charge on any atom is 0.203 e. The van der Waals surface area contributed by atoms with Gasteiger partial charge in [-0.05, 0) is 41.0 Å². The van der Waals surface area contributed by atoms with Gasteiger partial charge < -0.3 is 29.6 Å². The van der Waals surface area contributed by atoms with Gasteiger partial charge in [0.15, 0.2) is 17.5 Å². The third kappa shape index (κ3) is 6.80. The van der Waals surface area contributed by atoms with Crippen molar-refractivity contribution in [3.63, 3.8) is 0 Å². The van der Waals surface area contributed by atoms with Crippen LogP contribution in [0.15, 0.2) is 71.7 Å². The summed E-state index contributed by atoms with van der Waals surface area (Å²) in [4.78, 5) is 4.30. The Kier molecular flexibility index (Phi) is 8.82. The number of methoxy groups -OCH3 is 3. The molecule has 0 fully saturated rings. The van der Waals surface area contributed by atoms with Crippen LogP contribution in [0.5, 0.6) is 23.0 Å². The van der Waals surface area contributed by atoms with Crippen LogP contribution < -0.4 is 29.6 Å². The van der Waals surface area contributed by atoms with Crippen molar-refractivity contribution in [2.45, 2.75) is 19.7 Å². The number of benzene rings is 3. The standard InChI is InChI=1S/C26H31N3O4/c1-27-26(29-17-21-14-23(30-2)25(32-4)24(15-21)31-3)28-16-19-10-12-22(13-11-19)33-18-20-8-6-5-7-9-20/h5-15H,16-18H2,1-4H3,(H2,27,28,29). The van der Waals surface area contributed by atoms with Gasteiger partial charge in [-0.15, -0.1) is 0 Å². The Morgan fingerprint density at radius 2 is 1.33 bits per heavy atom. The first kappa shape index (κ1) is 23.8. The zero-order chi connectivity index (χ0) is 23.5. The van der Waals surface area contributed by atoms with Gasteiger partial charge in [-0.3, -0.25) is 4.99 Å². The number of nitrogens with zero attached hydrogens (tertiary/aromatic N) is 1. The Balaban J connectivity index is 1.51. The molecule has 33 heavy (non-hydrogen) atoms. The Hall–Kier alpha value is -3.87. The molecule has 0 aromatic heterocycles. The molecule has 0 aliphatic carbocycles. The summed E-state index contributed by atoms with van der Waals surface area (Å²) in [5, 5.41) is 6.63. The normalized spacial score (nSPS) is 11.0. The molecule has 7 heteroatoms. The number of hydrogen-bond donors (Lipinski definition) is 2. The summed E-state index contributed by atoms with van der Waals surface area (Å²) in [7, 11) is 6.54. The van der Waals surface area contributed by atoms with E-state index in [9.17, 15) is 0 Å². The lowest BCUT2D eigenvalue weighted by Gasteiger charge is -2.16. The second-order valence-corrected chi connectivity index (χ2v) is 7.23. The van der Waals surface area contributed by atoms with Gasteiger partial charge in [-0.1, -0.05) is 42.5 Å². The van der Waals surface area contributed by atoms with E-state index in [4.69, 9.17) is 18.9 Å². The summed E-state index contributed by atoms with van der Waals surface area (Å²) in [5.41, 5.74) is 3.25. The molecule has 0 aliphatic heterocycles. The average Bonchev–Trinajstić information content (AvgIpc) is 2.88. The summed E-state index contributed by atoms with van der Waals surface area (Å²) in [5.74, 6) is 3.33. The van der Waals surface area contributed by atoms with Crippen molar-refractivity contribution in [1.82, 2.24) is 10.6 Å². The van der Waals surface area contributed by atoms with Crippen LogP contribution >= 0.6 is 0 Å². The second-order valence-electron chi connectivity index (χ2n) is 7.23. The van der Waals surface area contributed by atoms with E-state index >= 15 is 0 Å². The molecule has 0 amide bonds. The molecule has 0 spiro atoms. The van der Waals surface area contributed by atoms with E-state index in [0.29, 0.717) is 42.9 Å². The third-order valence-corrected chi connectivity index (χ3v) is 5.04. The van der Waals surface area contributed by atoms with Gasteiger partial charge in [-0.25, -0.2) is 0 Å². The maximum atomic E-state index is 5.85. The zero-order valence-electron chi connectivity index (χ0n) is 19.6. The number of nitrogens with one attached hydrogen (secondary N) is 2. The highest BCUT2D eigenvalue weighted by Crippen LogP contribution is 2.38. The van der Waals surface area contributed by atoms with Crippen LogP contribution in [0.4, 0.5) is 0 Å². The quantitative estimate of drug-likeness (QED) is 0.358. The van der Waals surface area contributed by atoms with E-state index < -0.39 is 0 Å². The predicted octanol–water partition coefficient (Wildman–Crippen LogP) is 4.16. The Morgan fingerprint density at radius 3 is 1.88 bits per heavy atom. The fourth-order valence-corrected chi connectivity index (χ4v) is 3.27. The summed E-state index contributed by atoms with van der Waals surface area (Å²) in [6, 6.07) is 22.0. The molecular formula is C26H31N3O4. The van der Waals surface area contributed by atoms with Crippen molar-refractivity contribution >= 4 is 5.96 Å². The molecule has 0 saturated carbocycles. The van der Waals surface area contributed by atoms with Crippen LogP contribution in [0, 0.1) is 0 Å². The summed E-state index contributed by atoms with van der Waals surface area (Å²) in [6.45, 7) is 1.73. The van der Waals surface area contributed by atoms with E-state index in [2.05, 4.69) is 27.8 Å². The Bertz CT molecular complexity index is 1010. The molecule has 174 valence electrons. The van der Waals surface area contributed by atoms with E-state index in [-0.39, 0.29) is 0 Å². The first-order valence-electron chi connectivity index (χ1n) is 10.7. The number of aliphatic imine (C=N–C) groups is 1. The van der Waals surface area contributed by atoms with Crippen molar-refractivity contribution in [3.05, 3.63) is 83.4 Å². The number of guanidine groups is 1. The van der Waals surface area contributed by atoms with E-state index in [1.807, 2.05) is 54.6 Å². The fourth-order valence-electron chi connectivity index (χ4n) is 3.27. The molecule has 3 aromatic rings. The molecule has 0 saturated heterocycles. The van der Waals surface area contributed by atoms with Gasteiger partial charge in [0.2, 0.25) is 5.75 Å². The van der Waals surface area contributed by atoms with Gasteiger partial charge >= 0.3 is 0 Å². The minimum absolute atomic E-state index is 0.544. The van der Waals surface area contributed by atoms with Gasteiger partial charge in [0.1, 0.15) is 12.4 Å². The molecule has 0 heterocycles. The first-order chi connectivity index (χ1) is 16.2. The first-order valence-corrected chi connectivity index (χ1v) is 10.7. The molecule has 0 atom stereocenters. The Labute approximate surface area is 195 Å². The molecule has 3 rings (SSSR count). The van der Waals surface area contributed by atoms with Crippen LogP contribution in [-0.4, -0.2) is 34.3 Å². The lowest BCUT2D eigenvalue weighted by molar-refractivity contribution is 0.306. The molecule has 2 N–H and O–H groups in total. The van der Waals surface area contributed by atoms with Gasteiger partial charge in [0, 0.05) is 20.1 Å². The van der Waals surface area contributed by atoms with Crippen LogP contribution in [0.25, 0.3) is 0 Å². The average molecular weight is 450 g/mol.